The molecular weight excluding hydrogens is 835 g/mol. The number of aromatic nitrogens is 2. The summed E-state index contributed by atoms with van der Waals surface area (Å²) in [6.45, 7) is 5.63. The minimum atomic E-state index is -4.77. The molecule has 0 fully saturated rings. The van der Waals surface area contributed by atoms with Crippen molar-refractivity contribution in [3.05, 3.63) is 132 Å². The molecule has 0 bridgehead atoms. The predicted molar refractivity (Wildman–Crippen MR) is 224 cm³/mol. The second-order valence-electron chi connectivity index (χ2n) is 15.2. The van der Waals surface area contributed by atoms with E-state index in [-0.39, 0.29) is 22.8 Å². The number of Topliss-reactive ketones (excluding diaryl/α,β-unsaturated/α-hetero) is 1. The van der Waals surface area contributed by atoms with Crippen LogP contribution >= 0.6 is 0 Å². The van der Waals surface area contributed by atoms with E-state index < -0.39 is 104 Å². The molecule has 61 heavy (non-hydrogen) atoms. The molecule has 330 valence electrons. The molecule has 4 N–H and O–H groups in total. The van der Waals surface area contributed by atoms with E-state index in [0.717, 1.165) is 0 Å². The summed E-state index contributed by atoms with van der Waals surface area (Å²) in [6, 6.07) is 16.5. The number of hydrazine groups is 2. The Morgan fingerprint density at radius 1 is 0.623 bits per heavy atom. The fraction of sp³-hybridized carbons (Fsp3) is 0.405. The number of sulfonamides is 2. The van der Waals surface area contributed by atoms with Gasteiger partial charge in [-0.2, -0.15) is 8.78 Å². The third kappa shape index (κ3) is 13.5. The molecule has 0 aliphatic rings. The molecule has 0 saturated carbocycles. The largest absolute Gasteiger partial charge is 0.480 e. The van der Waals surface area contributed by atoms with Crippen LogP contribution in [0.4, 0.5) is 8.78 Å². The van der Waals surface area contributed by atoms with Crippen molar-refractivity contribution in [1.29, 1.82) is 0 Å². The number of halogens is 2. The number of ketones is 1. The zero-order valence-corrected chi connectivity index (χ0v) is 35.8. The lowest BCUT2D eigenvalue weighted by molar-refractivity contribution is -0.156. The van der Waals surface area contributed by atoms with Gasteiger partial charge >= 0.3 is 17.9 Å². The summed E-state index contributed by atoms with van der Waals surface area (Å²) in [5.74, 6) is -13.2. The Labute approximate surface area is 355 Å². The summed E-state index contributed by atoms with van der Waals surface area (Å²) < 4.78 is 92.2. The van der Waals surface area contributed by atoms with Gasteiger partial charge in [0.25, 0.3) is 0 Å². The molecule has 4 atom stereocenters. The number of nitrogens with zero attached hydrogens (tertiary/aromatic N) is 4. The highest BCUT2D eigenvalue weighted by molar-refractivity contribution is 7.89. The molecule has 19 heteroatoms. The molecule has 4 rings (SSSR count). The minimum Gasteiger partial charge on any atom is -0.480 e. The number of aliphatic carboxylic acids is 2. The van der Waals surface area contributed by atoms with Gasteiger partial charge in [-0.05, 0) is 60.1 Å². The van der Waals surface area contributed by atoms with Crippen LogP contribution in [-0.2, 0) is 60.1 Å². The van der Waals surface area contributed by atoms with Gasteiger partial charge in [0.15, 0.2) is 0 Å². The first-order chi connectivity index (χ1) is 28.7. The summed E-state index contributed by atoms with van der Waals surface area (Å²) >= 11 is 0. The number of alkyl halides is 2. The van der Waals surface area contributed by atoms with Crippen LogP contribution in [0.25, 0.3) is 0 Å². The Bertz CT molecular complexity index is 2260. The molecular formula is C42H52F2N6O9S2. The molecule has 4 aromatic rings. The van der Waals surface area contributed by atoms with Crippen molar-refractivity contribution in [2.75, 3.05) is 11.5 Å². The number of benzene rings is 2. The Kier molecular flexibility index (Phi) is 17.3. The molecule has 2 aromatic heterocycles. The normalized spacial score (nSPS) is 14.5. The van der Waals surface area contributed by atoms with Crippen LogP contribution < -0.4 is 10.9 Å². The van der Waals surface area contributed by atoms with Crippen molar-refractivity contribution < 1.29 is 50.2 Å². The van der Waals surface area contributed by atoms with Crippen LogP contribution in [0.5, 0.6) is 0 Å². The van der Waals surface area contributed by atoms with Gasteiger partial charge in [-0.3, -0.25) is 24.4 Å². The highest BCUT2D eigenvalue weighted by atomic mass is 32.2. The number of nitrogens with one attached hydrogen (secondary N) is 2. The van der Waals surface area contributed by atoms with Crippen LogP contribution in [0.15, 0.2) is 109 Å². The van der Waals surface area contributed by atoms with Crippen LogP contribution in [0.3, 0.4) is 0 Å². The van der Waals surface area contributed by atoms with Crippen LogP contribution in [0.1, 0.15) is 50.2 Å². The molecule has 2 heterocycles. The van der Waals surface area contributed by atoms with E-state index in [2.05, 4.69) is 20.8 Å². The van der Waals surface area contributed by atoms with Gasteiger partial charge in [0.05, 0.1) is 23.6 Å². The SMILES string of the molecule is CC(C)[C@@H](C(=O)O)N(N[C@@H](Cc1ccccc1)C(=O)C(F)(F)[C@H](Cc1ccccc1)NN([C@H](C(=O)O)C(C)C)S(=O)(=O)CCc1ccccn1)S(=O)(=O)CCc1ccccn1. The molecule has 0 saturated heterocycles. The lowest BCUT2D eigenvalue weighted by atomic mass is 9.92. The average Bonchev–Trinajstić information content (AvgIpc) is 3.21. The first-order valence-corrected chi connectivity index (χ1v) is 22.8. The van der Waals surface area contributed by atoms with Gasteiger partial charge in [-0.1, -0.05) is 100 Å². The predicted octanol–water partition coefficient (Wildman–Crippen LogP) is 4.18. The smallest absolute Gasteiger partial charge is 0.323 e. The van der Waals surface area contributed by atoms with E-state index in [0.29, 0.717) is 21.4 Å². The Morgan fingerprint density at radius 3 is 1.39 bits per heavy atom. The summed E-state index contributed by atoms with van der Waals surface area (Å²) in [5, 5.41) is 20.7. The van der Waals surface area contributed by atoms with Crippen molar-refractivity contribution in [3.63, 3.8) is 0 Å². The number of rotatable bonds is 25. The zero-order chi connectivity index (χ0) is 45.0. The van der Waals surface area contributed by atoms with Crippen LogP contribution in [0.2, 0.25) is 0 Å². The molecule has 0 aliphatic heterocycles. The van der Waals surface area contributed by atoms with Gasteiger partial charge in [0.2, 0.25) is 25.8 Å². The summed E-state index contributed by atoms with van der Waals surface area (Å²) in [4.78, 5) is 48.4. The van der Waals surface area contributed by atoms with Crippen molar-refractivity contribution >= 4 is 37.8 Å². The van der Waals surface area contributed by atoms with Gasteiger partial charge in [-0.25, -0.2) is 27.7 Å². The number of aryl methyl sites for hydroxylation is 2. The topological polar surface area (TPSA) is 216 Å². The number of hydrogen-bond donors (Lipinski definition) is 4. The van der Waals surface area contributed by atoms with Crippen LogP contribution in [0, 0.1) is 11.8 Å². The third-order valence-electron chi connectivity index (χ3n) is 9.77. The number of carbonyl (C=O) groups excluding carboxylic acids is 1. The summed E-state index contributed by atoms with van der Waals surface area (Å²) in [5.41, 5.74) is 5.87. The van der Waals surface area contributed by atoms with Gasteiger partial charge in [0, 0.05) is 36.6 Å². The van der Waals surface area contributed by atoms with Crippen molar-refractivity contribution in [1.82, 2.24) is 29.6 Å². The standard InChI is InChI=1S/C42H52F2N6O9S2/c1-29(2)37(40(52)53)49(60(56,57)25-21-33-19-11-13-23-45-33)47-35(27-31-15-7-5-8-16-31)39(51)42(43,44)36(28-32-17-9-6-10-18-32)48-50(38(30(3)4)41(54)55)61(58,59)26-22-34-20-12-14-24-46-34/h5-20,23-24,29-30,35-38,47-48H,21-22,25-28H2,1-4H3,(H,52,53)(H,54,55)/t35-,36-,37-,38-/m0/s1. The number of carboxylic acids is 2. The van der Waals surface area contributed by atoms with Gasteiger partial charge < -0.3 is 10.2 Å². The quantitative estimate of drug-likeness (QED) is 0.0689. The van der Waals surface area contributed by atoms with E-state index >= 15 is 8.78 Å². The van der Waals surface area contributed by atoms with E-state index in [1.165, 1.54) is 76.5 Å². The van der Waals surface area contributed by atoms with Crippen LogP contribution in [-0.4, -0.2) is 105 Å². The summed E-state index contributed by atoms with van der Waals surface area (Å²) in [7, 11) is -9.48. The maximum atomic E-state index is 17.5. The Balaban J connectivity index is 1.85. The van der Waals surface area contributed by atoms with E-state index in [1.54, 1.807) is 60.7 Å². The molecule has 2 aromatic carbocycles. The molecule has 0 radical (unpaired) electrons. The lowest BCUT2D eigenvalue weighted by Crippen LogP contribution is -2.67. The Morgan fingerprint density at radius 2 is 1.02 bits per heavy atom. The third-order valence-corrected chi connectivity index (χ3v) is 13.1. The number of carbonyl (C=O) groups is 3. The van der Waals surface area contributed by atoms with Crippen molar-refractivity contribution in [2.24, 2.45) is 11.8 Å². The van der Waals surface area contributed by atoms with Gasteiger partial charge in [-0.15, -0.1) is 8.83 Å². The molecule has 0 unspecified atom stereocenters. The molecule has 0 spiro atoms. The first-order valence-electron chi connectivity index (χ1n) is 19.6. The van der Waals surface area contributed by atoms with Crippen molar-refractivity contribution in [3.8, 4) is 0 Å². The van der Waals surface area contributed by atoms with Crippen molar-refractivity contribution in [2.45, 2.75) is 83.5 Å². The highest BCUT2D eigenvalue weighted by Crippen LogP contribution is 2.29. The van der Waals surface area contributed by atoms with E-state index in [9.17, 15) is 41.4 Å². The number of carboxylic acid groups (broad SMARTS) is 2. The molecule has 15 nitrogen and oxygen atoms in total. The zero-order valence-electron chi connectivity index (χ0n) is 34.2. The molecule has 0 amide bonds. The second-order valence-corrected chi connectivity index (χ2v) is 19.1. The second kappa shape index (κ2) is 21.7. The molecule has 0 aliphatic carbocycles. The Hall–Kier alpha value is -5.05. The maximum Gasteiger partial charge on any atom is 0.323 e. The monoisotopic (exact) mass is 886 g/mol. The number of pyridine rings is 2. The average molecular weight is 887 g/mol. The van der Waals surface area contributed by atoms with E-state index in [4.69, 9.17) is 0 Å². The fourth-order valence-electron chi connectivity index (χ4n) is 6.60. The van der Waals surface area contributed by atoms with E-state index in [1.807, 2.05) is 0 Å². The summed E-state index contributed by atoms with van der Waals surface area (Å²) in [6.07, 6.45) is 1.19. The fourth-order valence-corrected chi connectivity index (χ4v) is 9.86. The lowest BCUT2D eigenvalue weighted by Gasteiger charge is -2.38. The number of hydrogen-bond acceptors (Lipinski definition) is 11. The highest BCUT2D eigenvalue weighted by Gasteiger charge is 2.53. The first kappa shape index (κ1) is 48.6. The minimum absolute atomic E-state index is 0.187. The maximum absolute atomic E-state index is 17.5. The van der Waals surface area contributed by atoms with Gasteiger partial charge in [0.1, 0.15) is 12.1 Å².